The zero-order valence-electron chi connectivity index (χ0n) is 14.4. The quantitative estimate of drug-likeness (QED) is 0.840. The number of likely N-dealkylation sites (tertiary alicyclic amines) is 2. The molecule has 2 heterocycles. The molecule has 1 aliphatic carbocycles. The number of hydrogen-bond donors (Lipinski definition) is 1. The summed E-state index contributed by atoms with van der Waals surface area (Å²) in [5, 5.41) is 0. The first-order chi connectivity index (χ1) is 11.0. The summed E-state index contributed by atoms with van der Waals surface area (Å²) in [5.41, 5.74) is 5.93. The van der Waals surface area contributed by atoms with Crippen molar-refractivity contribution < 1.29 is 9.59 Å². The summed E-state index contributed by atoms with van der Waals surface area (Å²) in [4.78, 5) is 29.2. The third-order valence-electron chi connectivity index (χ3n) is 6.07. The van der Waals surface area contributed by atoms with Crippen LogP contribution in [0.1, 0.15) is 51.9 Å². The van der Waals surface area contributed by atoms with Gasteiger partial charge in [0, 0.05) is 44.1 Å². The smallest absolute Gasteiger partial charge is 0.225 e. The van der Waals surface area contributed by atoms with Gasteiger partial charge in [0.15, 0.2) is 0 Å². The lowest BCUT2D eigenvalue weighted by Gasteiger charge is -2.37. The maximum absolute atomic E-state index is 12.6. The summed E-state index contributed by atoms with van der Waals surface area (Å²) in [5.74, 6) is 1.60. The topological polar surface area (TPSA) is 66.6 Å². The second kappa shape index (κ2) is 7.20. The second-order valence-electron chi connectivity index (χ2n) is 7.88. The van der Waals surface area contributed by atoms with E-state index in [0.29, 0.717) is 5.91 Å². The Bertz CT molecular complexity index is 438. The van der Waals surface area contributed by atoms with Crippen LogP contribution in [0.4, 0.5) is 0 Å². The average Bonchev–Trinajstić information content (AvgIpc) is 3.01. The van der Waals surface area contributed by atoms with Crippen LogP contribution in [0, 0.1) is 17.8 Å². The van der Waals surface area contributed by atoms with Gasteiger partial charge in [0.2, 0.25) is 11.8 Å². The number of rotatable bonds is 2. The van der Waals surface area contributed by atoms with E-state index in [9.17, 15) is 9.59 Å². The highest BCUT2D eigenvalue weighted by Gasteiger charge is 2.35. The van der Waals surface area contributed by atoms with Crippen LogP contribution in [-0.4, -0.2) is 53.8 Å². The lowest BCUT2D eigenvalue weighted by atomic mass is 9.92. The molecule has 0 radical (unpaired) electrons. The molecule has 3 rings (SSSR count). The molecule has 2 unspecified atom stereocenters. The zero-order chi connectivity index (χ0) is 16.4. The van der Waals surface area contributed by atoms with Crippen LogP contribution in [0.15, 0.2) is 0 Å². The SMILES string of the molecule is CC1CCN(C(=O)C2CCN(C(=O)C3CCC(N)C3)CC2)CC1. The van der Waals surface area contributed by atoms with Crippen molar-refractivity contribution in [2.24, 2.45) is 23.5 Å². The molecule has 3 fully saturated rings. The maximum atomic E-state index is 12.6. The van der Waals surface area contributed by atoms with Crippen LogP contribution in [0.2, 0.25) is 0 Å². The standard InChI is InChI=1S/C18H31N3O2/c1-13-4-8-20(9-5-13)17(22)14-6-10-21(11-7-14)18(23)15-2-3-16(19)12-15/h13-16H,2-12,19H2,1H3. The molecule has 130 valence electrons. The summed E-state index contributed by atoms with van der Waals surface area (Å²) >= 11 is 0. The minimum Gasteiger partial charge on any atom is -0.342 e. The number of amides is 2. The predicted molar refractivity (Wildman–Crippen MR) is 89.6 cm³/mol. The van der Waals surface area contributed by atoms with Crippen molar-refractivity contribution in [2.45, 2.75) is 57.9 Å². The molecule has 0 aromatic rings. The molecular weight excluding hydrogens is 290 g/mol. The van der Waals surface area contributed by atoms with E-state index in [4.69, 9.17) is 5.73 Å². The Morgan fingerprint density at radius 3 is 1.83 bits per heavy atom. The molecule has 2 amide bonds. The molecule has 0 aromatic carbocycles. The molecule has 0 aromatic heterocycles. The number of nitrogens with zero attached hydrogens (tertiary/aromatic N) is 2. The Morgan fingerprint density at radius 1 is 0.783 bits per heavy atom. The molecule has 2 aliphatic heterocycles. The van der Waals surface area contributed by atoms with Crippen molar-refractivity contribution >= 4 is 11.8 Å². The first-order valence-electron chi connectivity index (χ1n) is 9.37. The van der Waals surface area contributed by atoms with Gasteiger partial charge in [-0.15, -0.1) is 0 Å². The van der Waals surface area contributed by atoms with Gasteiger partial charge in [-0.1, -0.05) is 6.92 Å². The van der Waals surface area contributed by atoms with Crippen LogP contribution in [-0.2, 0) is 9.59 Å². The Morgan fingerprint density at radius 2 is 1.30 bits per heavy atom. The van der Waals surface area contributed by atoms with Crippen molar-refractivity contribution in [3.63, 3.8) is 0 Å². The normalized spacial score (nSPS) is 30.7. The minimum atomic E-state index is 0.123. The second-order valence-corrected chi connectivity index (χ2v) is 7.88. The maximum Gasteiger partial charge on any atom is 0.225 e. The first kappa shape index (κ1) is 16.7. The molecular formula is C18H31N3O2. The lowest BCUT2D eigenvalue weighted by molar-refractivity contribution is -0.143. The molecule has 5 nitrogen and oxygen atoms in total. The van der Waals surface area contributed by atoms with Gasteiger partial charge in [-0.25, -0.2) is 0 Å². The van der Waals surface area contributed by atoms with Crippen molar-refractivity contribution in [1.82, 2.24) is 9.80 Å². The highest BCUT2D eigenvalue weighted by atomic mass is 16.2. The summed E-state index contributed by atoms with van der Waals surface area (Å²) in [6.07, 6.45) is 6.66. The summed E-state index contributed by atoms with van der Waals surface area (Å²) in [6, 6.07) is 0.199. The number of carbonyl (C=O) groups is 2. The third-order valence-corrected chi connectivity index (χ3v) is 6.07. The van der Waals surface area contributed by atoms with Gasteiger partial charge < -0.3 is 15.5 Å². The van der Waals surface area contributed by atoms with E-state index in [2.05, 4.69) is 11.8 Å². The van der Waals surface area contributed by atoms with Gasteiger partial charge in [-0.3, -0.25) is 9.59 Å². The van der Waals surface area contributed by atoms with Crippen LogP contribution in [0.25, 0.3) is 0 Å². The highest BCUT2D eigenvalue weighted by molar-refractivity contribution is 5.81. The molecule has 0 spiro atoms. The van der Waals surface area contributed by atoms with E-state index in [1.54, 1.807) is 0 Å². The minimum absolute atomic E-state index is 0.123. The summed E-state index contributed by atoms with van der Waals surface area (Å²) in [7, 11) is 0. The highest BCUT2D eigenvalue weighted by Crippen LogP contribution is 2.29. The molecule has 2 saturated heterocycles. The van der Waals surface area contributed by atoms with Gasteiger partial charge >= 0.3 is 0 Å². The zero-order valence-corrected chi connectivity index (χ0v) is 14.4. The van der Waals surface area contributed by atoms with Crippen molar-refractivity contribution in [2.75, 3.05) is 26.2 Å². The summed E-state index contributed by atoms with van der Waals surface area (Å²) < 4.78 is 0. The molecule has 2 atom stereocenters. The Kier molecular flexibility index (Phi) is 5.24. The molecule has 0 bridgehead atoms. The van der Waals surface area contributed by atoms with Gasteiger partial charge in [-0.05, 0) is 50.9 Å². The number of piperidine rings is 2. The Balaban J connectivity index is 1.46. The monoisotopic (exact) mass is 321 g/mol. The van der Waals surface area contributed by atoms with Crippen molar-refractivity contribution in [3.8, 4) is 0 Å². The fourth-order valence-electron chi connectivity index (χ4n) is 4.33. The van der Waals surface area contributed by atoms with Crippen LogP contribution < -0.4 is 5.73 Å². The molecule has 3 aliphatic rings. The van der Waals surface area contributed by atoms with Crippen LogP contribution >= 0.6 is 0 Å². The predicted octanol–water partition coefficient (Wildman–Crippen LogP) is 1.61. The average molecular weight is 321 g/mol. The number of nitrogens with two attached hydrogens (primary N) is 1. The van der Waals surface area contributed by atoms with E-state index in [0.717, 1.165) is 77.0 Å². The van der Waals surface area contributed by atoms with E-state index >= 15 is 0 Å². The lowest BCUT2D eigenvalue weighted by Crippen LogP contribution is -2.47. The van der Waals surface area contributed by atoms with Crippen molar-refractivity contribution in [1.29, 1.82) is 0 Å². The van der Waals surface area contributed by atoms with Gasteiger partial charge in [0.1, 0.15) is 0 Å². The van der Waals surface area contributed by atoms with Gasteiger partial charge in [0.25, 0.3) is 0 Å². The number of carbonyl (C=O) groups excluding carboxylic acids is 2. The van der Waals surface area contributed by atoms with Crippen molar-refractivity contribution in [3.05, 3.63) is 0 Å². The van der Waals surface area contributed by atoms with Gasteiger partial charge in [-0.2, -0.15) is 0 Å². The van der Waals surface area contributed by atoms with E-state index in [-0.39, 0.29) is 23.8 Å². The molecule has 5 heteroatoms. The molecule has 2 N–H and O–H groups in total. The van der Waals surface area contributed by atoms with E-state index in [1.807, 2.05) is 4.90 Å². The Labute approximate surface area is 139 Å². The van der Waals surface area contributed by atoms with Crippen LogP contribution in [0.3, 0.4) is 0 Å². The fourth-order valence-corrected chi connectivity index (χ4v) is 4.33. The number of hydrogen-bond acceptors (Lipinski definition) is 3. The Hall–Kier alpha value is -1.10. The third kappa shape index (κ3) is 3.87. The largest absolute Gasteiger partial charge is 0.342 e. The van der Waals surface area contributed by atoms with Gasteiger partial charge in [0.05, 0.1) is 0 Å². The van der Waals surface area contributed by atoms with E-state index in [1.165, 1.54) is 0 Å². The van der Waals surface area contributed by atoms with E-state index < -0.39 is 0 Å². The summed E-state index contributed by atoms with van der Waals surface area (Å²) in [6.45, 7) is 5.58. The van der Waals surface area contributed by atoms with Crippen LogP contribution in [0.5, 0.6) is 0 Å². The molecule has 23 heavy (non-hydrogen) atoms. The molecule has 1 saturated carbocycles. The fraction of sp³-hybridized carbons (Fsp3) is 0.889. The first-order valence-corrected chi connectivity index (χ1v) is 9.37.